The third-order valence-corrected chi connectivity index (χ3v) is 5.70. The third-order valence-electron chi connectivity index (χ3n) is 5.70. The van der Waals surface area contributed by atoms with Gasteiger partial charge in [0.05, 0.1) is 18.9 Å². The van der Waals surface area contributed by atoms with Crippen molar-refractivity contribution in [3.63, 3.8) is 0 Å². The normalized spacial score (nSPS) is 13.8. The first-order valence-corrected chi connectivity index (χ1v) is 12.2. The number of hydrogen-bond donors (Lipinski definition) is 0. The molecule has 1 heterocycles. The fourth-order valence-electron chi connectivity index (χ4n) is 3.96. The molecule has 0 fully saturated rings. The van der Waals surface area contributed by atoms with Crippen LogP contribution in [0.15, 0.2) is 4.99 Å². The van der Waals surface area contributed by atoms with Gasteiger partial charge in [-0.3, -0.25) is 9.79 Å². The molecule has 1 aliphatic rings. The maximum absolute atomic E-state index is 10.9. The Morgan fingerprint density at radius 1 is 0.857 bits per heavy atom. The van der Waals surface area contributed by atoms with Crippen LogP contribution in [0.3, 0.4) is 0 Å². The van der Waals surface area contributed by atoms with Crippen LogP contribution < -0.4 is 0 Å². The van der Waals surface area contributed by atoms with Crippen LogP contribution in [0.25, 0.3) is 0 Å². The second-order valence-corrected chi connectivity index (χ2v) is 8.32. The van der Waals surface area contributed by atoms with Crippen LogP contribution in [-0.4, -0.2) is 42.9 Å². The molecule has 0 atom stereocenters. The van der Waals surface area contributed by atoms with Crippen molar-refractivity contribution < 1.29 is 9.53 Å². The number of amidine groups is 1. The van der Waals surface area contributed by atoms with E-state index in [0.717, 1.165) is 26.1 Å². The zero-order chi connectivity index (χ0) is 20.3. The first-order valence-electron chi connectivity index (χ1n) is 12.2. The molecule has 0 bridgehead atoms. The minimum atomic E-state index is -0.194. The van der Waals surface area contributed by atoms with Crippen LogP contribution in [0.2, 0.25) is 0 Å². The summed E-state index contributed by atoms with van der Waals surface area (Å²) in [5.41, 5.74) is 0. The van der Waals surface area contributed by atoms with Gasteiger partial charge in [-0.1, -0.05) is 96.8 Å². The summed E-state index contributed by atoms with van der Waals surface area (Å²) in [4.78, 5) is 17.8. The lowest BCUT2D eigenvalue weighted by Crippen LogP contribution is -2.31. The highest BCUT2D eigenvalue weighted by Gasteiger charge is 2.16. The lowest BCUT2D eigenvalue weighted by atomic mass is 10.0. The lowest BCUT2D eigenvalue weighted by molar-refractivity contribution is -0.141. The van der Waals surface area contributed by atoms with Gasteiger partial charge in [0.15, 0.2) is 0 Å². The monoisotopic (exact) mass is 394 g/mol. The molecule has 0 aromatic carbocycles. The quantitative estimate of drug-likeness (QED) is 0.185. The molecule has 28 heavy (non-hydrogen) atoms. The molecule has 0 aromatic rings. The summed E-state index contributed by atoms with van der Waals surface area (Å²) >= 11 is 0. The van der Waals surface area contributed by atoms with Crippen molar-refractivity contribution in [2.45, 2.75) is 117 Å². The summed E-state index contributed by atoms with van der Waals surface area (Å²) in [5.74, 6) is 1.03. The van der Waals surface area contributed by atoms with Crippen molar-refractivity contribution in [1.29, 1.82) is 0 Å². The van der Waals surface area contributed by atoms with Crippen molar-refractivity contribution in [3.8, 4) is 0 Å². The van der Waals surface area contributed by atoms with E-state index in [1.807, 2.05) is 0 Å². The van der Waals surface area contributed by atoms with Crippen LogP contribution >= 0.6 is 0 Å². The van der Waals surface area contributed by atoms with E-state index in [0.29, 0.717) is 6.61 Å². The minimum absolute atomic E-state index is 0.194. The van der Waals surface area contributed by atoms with E-state index < -0.39 is 0 Å². The molecule has 0 spiro atoms. The van der Waals surface area contributed by atoms with E-state index in [4.69, 9.17) is 4.74 Å². The molecule has 4 nitrogen and oxygen atoms in total. The van der Waals surface area contributed by atoms with Gasteiger partial charge in [-0.15, -0.1) is 0 Å². The van der Waals surface area contributed by atoms with Gasteiger partial charge in [-0.2, -0.15) is 0 Å². The minimum Gasteiger partial charge on any atom is -0.464 e. The number of unbranched alkanes of at least 4 members (excludes halogenated alkanes) is 14. The standard InChI is InChI=1S/C24H46N2O2/c1-3-4-5-6-7-8-9-10-11-12-13-14-15-16-17-18-24-25-19-20-26(24)21-22-28-23(2)27/h3-22H2,1-2H3. The number of hydrogen-bond acceptors (Lipinski definition) is 4. The third kappa shape index (κ3) is 14.0. The van der Waals surface area contributed by atoms with Gasteiger partial charge in [-0.25, -0.2) is 0 Å². The van der Waals surface area contributed by atoms with Crippen LogP contribution in [0.5, 0.6) is 0 Å². The fraction of sp³-hybridized carbons (Fsp3) is 0.917. The van der Waals surface area contributed by atoms with Gasteiger partial charge in [0, 0.05) is 19.9 Å². The van der Waals surface area contributed by atoms with Crippen LogP contribution in [0.4, 0.5) is 0 Å². The Morgan fingerprint density at radius 2 is 1.36 bits per heavy atom. The van der Waals surface area contributed by atoms with Gasteiger partial charge in [0.2, 0.25) is 0 Å². The Kier molecular flexibility index (Phi) is 16.1. The molecule has 0 N–H and O–H groups in total. The first-order chi connectivity index (χ1) is 13.7. The van der Waals surface area contributed by atoms with E-state index >= 15 is 0 Å². The summed E-state index contributed by atoms with van der Waals surface area (Å²) in [6, 6.07) is 0. The highest BCUT2D eigenvalue weighted by molar-refractivity contribution is 5.83. The Balaban J connectivity index is 1.83. The maximum atomic E-state index is 10.9. The predicted octanol–water partition coefficient (Wildman–Crippen LogP) is 6.53. The molecule has 0 unspecified atom stereocenters. The smallest absolute Gasteiger partial charge is 0.302 e. The van der Waals surface area contributed by atoms with Gasteiger partial charge >= 0.3 is 5.97 Å². The van der Waals surface area contributed by atoms with E-state index in [-0.39, 0.29) is 5.97 Å². The fourth-order valence-corrected chi connectivity index (χ4v) is 3.96. The number of aliphatic imine (C=N–C) groups is 1. The molecule has 0 saturated carbocycles. The molecule has 0 aromatic heterocycles. The number of nitrogens with zero attached hydrogens (tertiary/aromatic N) is 2. The average molecular weight is 395 g/mol. The van der Waals surface area contributed by atoms with Crippen molar-refractivity contribution in [2.24, 2.45) is 4.99 Å². The summed E-state index contributed by atoms with van der Waals surface area (Å²) in [7, 11) is 0. The zero-order valence-electron chi connectivity index (χ0n) is 18.9. The summed E-state index contributed by atoms with van der Waals surface area (Å²) in [6.45, 7) is 6.90. The molecule has 164 valence electrons. The average Bonchev–Trinajstić information content (AvgIpc) is 3.12. The maximum Gasteiger partial charge on any atom is 0.302 e. The summed E-state index contributed by atoms with van der Waals surface area (Å²) in [5, 5.41) is 0. The second-order valence-electron chi connectivity index (χ2n) is 8.32. The Labute approximate surface area is 174 Å². The van der Waals surface area contributed by atoms with Crippen molar-refractivity contribution in [3.05, 3.63) is 0 Å². The summed E-state index contributed by atoms with van der Waals surface area (Å²) in [6.07, 6.45) is 22.1. The number of esters is 1. The SMILES string of the molecule is CCCCCCCCCCCCCCCCCC1=NCCN1CCOC(C)=O. The molecular weight excluding hydrogens is 348 g/mol. The highest BCUT2D eigenvalue weighted by Crippen LogP contribution is 2.15. The molecular formula is C24H46N2O2. The molecule has 1 rings (SSSR count). The number of ether oxygens (including phenoxy) is 1. The van der Waals surface area contributed by atoms with Gasteiger partial charge < -0.3 is 9.64 Å². The second kappa shape index (κ2) is 18.0. The van der Waals surface area contributed by atoms with Gasteiger partial charge in [0.1, 0.15) is 6.61 Å². The Bertz CT molecular complexity index is 409. The van der Waals surface area contributed by atoms with Crippen LogP contribution in [0.1, 0.15) is 117 Å². The molecule has 0 radical (unpaired) electrons. The molecule has 0 aliphatic carbocycles. The van der Waals surface area contributed by atoms with Crippen LogP contribution in [-0.2, 0) is 9.53 Å². The topological polar surface area (TPSA) is 41.9 Å². The predicted molar refractivity (Wildman–Crippen MR) is 120 cm³/mol. The van der Waals surface area contributed by atoms with Gasteiger partial charge in [-0.05, 0) is 6.42 Å². The van der Waals surface area contributed by atoms with Crippen molar-refractivity contribution >= 4 is 11.8 Å². The molecule has 1 aliphatic heterocycles. The van der Waals surface area contributed by atoms with E-state index in [9.17, 15) is 4.79 Å². The molecule has 0 saturated heterocycles. The van der Waals surface area contributed by atoms with E-state index in [1.54, 1.807) is 0 Å². The van der Waals surface area contributed by atoms with Gasteiger partial charge in [0.25, 0.3) is 0 Å². The van der Waals surface area contributed by atoms with E-state index in [2.05, 4.69) is 16.8 Å². The first kappa shape index (κ1) is 25.0. The van der Waals surface area contributed by atoms with Crippen LogP contribution in [0, 0.1) is 0 Å². The lowest BCUT2D eigenvalue weighted by Gasteiger charge is -2.20. The summed E-state index contributed by atoms with van der Waals surface area (Å²) < 4.78 is 5.05. The zero-order valence-corrected chi connectivity index (χ0v) is 18.9. The molecule has 0 amide bonds. The largest absolute Gasteiger partial charge is 0.464 e. The highest BCUT2D eigenvalue weighted by atomic mass is 16.5. The van der Waals surface area contributed by atoms with E-state index in [1.165, 1.54) is 109 Å². The number of rotatable bonds is 19. The Hall–Kier alpha value is -1.06. The van der Waals surface area contributed by atoms with Crippen molar-refractivity contribution in [1.82, 2.24) is 4.90 Å². The Morgan fingerprint density at radius 3 is 1.86 bits per heavy atom. The number of carbonyl (C=O) groups excluding carboxylic acids is 1. The number of carbonyl (C=O) groups is 1. The van der Waals surface area contributed by atoms with Crippen molar-refractivity contribution in [2.75, 3.05) is 26.2 Å². The molecule has 4 heteroatoms.